The Kier molecular flexibility index (Phi) is 16.7. The number of carbonyl (C=O) groups excluding carboxylic acids is 4. The maximum atomic E-state index is 14.9. The molecule has 1 saturated heterocycles. The monoisotopic (exact) mass is 1140 g/mol. The van der Waals surface area contributed by atoms with Gasteiger partial charge in [-0.2, -0.15) is 4.57 Å². The van der Waals surface area contributed by atoms with Crippen LogP contribution in [0, 0.1) is 0 Å². The number of hydrogen-bond acceptors (Lipinski definition) is 17. The van der Waals surface area contributed by atoms with Gasteiger partial charge in [-0.05, 0) is 111 Å². The Labute approximate surface area is 474 Å². The number of methoxy groups -OCH3 is 1. The summed E-state index contributed by atoms with van der Waals surface area (Å²) in [5, 5.41) is 13.2. The molecule has 2 amide bonds. The Hall–Kier alpha value is -7.91. The number of anilines is 3. The summed E-state index contributed by atoms with van der Waals surface area (Å²) in [6, 6.07) is 44.3. The summed E-state index contributed by atoms with van der Waals surface area (Å²) < 4.78 is 18.6. The number of hydrogen-bond donors (Lipinski definition) is 4. The van der Waals surface area contributed by atoms with Gasteiger partial charge in [0.1, 0.15) is 52.0 Å². The summed E-state index contributed by atoms with van der Waals surface area (Å²) in [6.07, 6.45) is 0. The third kappa shape index (κ3) is 12.4. The summed E-state index contributed by atoms with van der Waals surface area (Å²) >= 11 is 10.1. The van der Waals surface area contributed by atoms with Crippen LogP contribution in [0.1, 0.15) is 62.6 Å². The molecule has 2 aliphatic heterocycles. The standard InChI is InChI=1S/C58H56ClN9O8S3/c1-56(2,3)75-53(72)57(4,5)76-66-46(43-34-78-54(62-43)65-58(37-16-10-7-11-17-37,38-18-12-8-13-19-38)39-20-14-9-15-21-39)49(69)64-47-50(70)68-48(52(71)74-31-35-22-28-42(73-6)29-23-35)36(32-77-51(47)68)33-79-55-63-44(60)30-45(61)67(55)41-26-24-40(59)25-27-41/h7-30,34,47,51H,31-33H2,1-6H3,(H5,60,61,62,64,65,69)/p+1/b66-46-. The lowest BCUT2D eigenvalue weighted by atomic mass is 9.77. The molecule has 0 bridgehead atoms. The number of halogens is 1. The van der Waals surface area contributed by atoms with Crippen LogP contribution < -0.4 is 31.4 Å². The molecule has 9 rings (SSSR count). The maximum absolute atomic E-state index is 14.9. The Bertz CT molecular complexity index is 3340. The molecule has 0 spiro atoms. The Morgan fingerprint density at radius 2 is 1.46 bits per heavy atom. The lowest BCUT2D eigenvalue weighted by molar-refractivity contribution is -0.626. The van der Waals surface area contributed by atoms with E-state index in [9.17, 15) is 19.2 Å². The van der Waals surface area contributed by atoms with Crippen LogP contribution in [0.3, 0.4) is 0 Å². The van der Waals surface area contributed by atoms with E-state index in [0.29, 0.717) is 43.7 Å². The Balaban J connectivity index is 1.04. The van der Waals surface area contributed by atoms with Crippen molar-refractivity contribution in [1.82, 2.24) is 20.2 Å². The number of amides is 2. The number of nitrogens with two attached hydrogens (primary N) is 2. The molecule has 17 nitrogen and oxygen atoms in total. The predicted molar refractivity (Wildman–Crippen MR) is 308 cm³/mol. The third-order valence-corrected chi connectivity index (χ3v) is 16.0. The number of carbonyl (C=O) groups is 4. The minimum Gasteiger partial charge on any atom is -0.497 e. The van der Waals surface area contributed by atoms with Crippen molar-refractivity contribution in [3.05, 3.63) is 195 Å². The van der Waals surface area contributed by atoms with Crippen molar-refractivity contribution in [2.45, 2.75) is 74.5 Å². The molecule has 21 heteroatoms. The van der Waals surface area contributed by atoms with Gasteiger partial charge in [0.2, 0.25) is 17.2 Å². The molecule has 5 aromatic carbocycles. The number of rotatable bonds is 19. The molecule has 1 fully saturated rings. The number of esters is 2. The molecule has 2 aliphatic rings. The van der Waals surface area contributed by atoms with Crippen LogP contribution in [0.15, 0.2) is 173 Å². The van der Waals surface area contributed by atoms with Crippen LogP contribution in [0.25, 0.3) is 5.69 Å². The number of oxime groups is 1. The van der Waals surface area contributed by atoms with Gasteiger partial charge < -0.3 is 41.1 Å². The number of β-lactam (4-membered cyclic amide) rings is 1. The first-order chi connectivity index (χ1) is 37.8. The van der Waals surface area contributed by atoms with Crippen molar-refractivity contribution >= 4 is 92.7 Å². The fraction of sp³-hybridized carbons (Fsp3) is 0.241. The molecule has 79 heavy (non-hydrogen) atoms. The Morgan fingerprint density at radius 1 is 0.848 bits per heavy atom. The number of fused-ring (bicyclic) bond motifs is 1. The van der Waals surface area contributed by atoms with Crippen LogP contribution in [0.4, 0.5) is 16.8 Å². The van der Waals surface area contributed by atoms with Gasteiger partial charge in [-0.25, -0.2) is 14.6 Å². The van der Waals surface area contributed by atoms with Gasteiger partial charge in [-0.1, -0.05) is 125 Å². The lowest BCUT2D eigenvalue weighted by Gasteiger charge is -2.49. The van der Waals surface area contributed by atoms with Crippen LogP contribution in [0.2, 0.25) is 5.02 Å². The first-order valence-electron chi connectivity index (χ1n) is 24.9. The zero-order chi connectivity index (χ0) is 56.1. The number of nitrogens with zero attached hydrogens (tertiary/aromatic N) is 5. The molecule has 0 saturated carbocycles. The average Bonchev–Trinajstić information content (AvgIpc) is 4.00. The maximum Gasteiger partial charge on any atom is 0.355 e. The minimum atomic E-state index is -1.68. The van der Waals surface area contributed by atoms with Crippen LogP contribution in [0.5, 0.6) is 5.75 Å². The molecular formula is C58H57ClN9O8S3+. The van der Waals surface area contributed by atoms with Gasteiger partial charge >= 0.3 is 17.1 Å². The number of nitrogen functional groups attached to an aromatic ring is 2. The molecule has 406 valence electrons. The van der Waals surface area contributed by atoms with Crippen LogP contribution in [-0.2, 0) is 45.6 Å². The average molecular weight is 1140 g/mol. The largest absolute Gasteiger partial charge is 0.497 e. The zero-order valence-corrected chi connectivity index (χ0v) is 47.2. The number of thiazole rings is 1. The molecule has 0 aliphatic carbocycles. The van der Waals surface area contributed by atoms with Crippen molar-refractivity contribution in [2.75, 3.05) is 35.4 Å². The van der Waals surface area contributed by atoms with E-state index in [1.54, 1.807) is 86.4 Å². The van der Waals surface area contributed by atoms with E-state index in [1.807, 2.05) is 91.0 Å². The molecule has 2 unspecified atom stereocenters. The van der Waals surface area contributed by atoms with Crippen molar-refractivity contribution < 1.29 is 42.8 Å². The molecular weight excluding hydrogens is 1080 g/mol. The van der Waals surface area contributed by atoms with Crippen LogP contribution in [-0.4, -0.2) is 85.6 Å². The summed E-state index contributed by atoms with van der Waals surface area (Å²) in [4.78, 5) is 74.2. The van der Waals surface area contributed by atoms with Crippen LogP contribution >= 0.6 is 46.5 Å². The predicted octanol–water partition coefficient (Wildman–Crippen LogP) is 9.08. The number of aromatic nitrogens is 3. The van der Waals surface area contributed by atoms with E-state index >= 15 is 0 Å². The SMILES string of the molecule is COc1ccc(COC(=O)C2=C(CSc3nc(N)cc(N)[n+]3-c3ccc(Cl)cc3)CSC3C(NC(=O)/C(=N\OC(C)(C)C(=O)OC(C)(C)C)c4csc(NC(c5ccccc5)(c5ccccc5)c5ccccc5)n4)C(=O)N23)cc1. The molecule has 2 aromatic heterocycles. The normalized spacial score (nSPS) is 15.6. The number of ether oxygens (including phenoxy) is 3. The van der Waals surface area contributed by atoms with Gasteiger partial charge in [-0.15, -0.1) is 23.1 Å². The van der Waals surface area contributed by atoms with E-state index in [-0.39, 0.29) is 41.0 Å². The van der Waals surface area contributed by atoms with Gasteiger partial charge in [-0.3, -0.25) is 14.5 Å². The topological polar surface area (TPSA) is 227 Å². The van der Waals surface area contributed by atoms with E-state index < -0.39 is 51.9 Å². The molecule has 2 atom stereocenters. The van der Waals surface area contributed by atoms with Crippen molar-refractivity contribution in [3.63, 3.8) is 0 Å². The Morgan fingerprint density at radius 3 is 2.04 bits per heavy atom. The molecule has 0 radical (unpaired) electrons. The third-order valence-electron chi connectivity index (χ3n) is 12.6. The summed E-state index contributed by atoms with van der Waals surface area (Å²) in [5.41, 5.74) is 13.7. The van der Waals surface area contributed by atoms with E-state index in [0.717, 1.165) is 16.7 Å². The van der Waals surface area contributed by atoms with E-state index in [1.165, 1.54) is 59.7 Å². The van der Waals surface area contributed by atoms with Gasteiger partial charge in [0.15, 0.2) is 10.8 Å². The molecule has 6 N–H and O–H groups in total. The molecule has 4 heterocycles. The minimum absolute atomic E-state index is 0.0282. The number of nitrogens with one attached hydrogen (secondary N) is 2. The fourth-order valence-electron chi connectivity index (χ4n) is 8.73. The van der Waals surface area contributed by atoms with Crippen molar-refractivity contribution in [1.29, 1.82) is 0 Å². The van der Waals surface area contributed by atoms with Gasteiger partial charge in [0, 0.05) is 21.9 Å². The highest BCUT2D eigenvalue weighted by molar-refractivity contribution is 8.01. The molecule has 7 aromatic rings. The van der Waals surface area contributed by atoms with Crippen molar-refractivity contribution in [3.8, 4) is 11.4 Å². The highest BCUT2D eigenvalue weighted by Gasteiger charge is 2.55. The first kappa shape index (κ1) is 55.8. The summed E-state index contributed by atoms with van der Waals surface area (Å²) in [7, 11) is 1.56. The first-order valence-corrected chi connectivity index (χ1v) is 28.2. The van der Waals surface area contributed by atoms with Gasteiger partial charge in [0.25, 0.3) is 11.8 Å². The van der Waals surface area contributed by atoms with Crippen molar-refractivity contribution in [2.24, 2.45) is 5.16 Å². The second kappa shape index (κ2) is 23.6. The van der Waals surface area contributed by atoms with E-state index in [2.05, 4.69) is 20.8 Å². The summed E-state index contributed by atoms with van der Waals surface area (Å²) in [5.74, 6) is -1.36. The fourth-order valence-corrected chi connectivity index (χ4v) is 12.1. The lowest BCUT2D eigenvalue weighted by Crippen LogP contribution is -2.71. The highest BCUT2D eigenvalue weighted by Crippen LogP contribution is 2.43. The smallest absolute Gasteiger partial charge is 0.355 e. The highest BCUT2D eigenvalue weighted by atomic mass is 35.5. The zero-order valence-electron chi connectivity index (χ0n) is 44.0. The number of benzene rings is 5. The van der Waals surface area contributed by atoms with E-state index in [4.69, 9.17) is 47.1 Å². The second-order valence-electron chi connectivity index (χ2n) is 19.8. The second-order valence-corrected chi connectivity index (χ2v) is 23.1. The van der Waals surface area contributed by atoms with Gasteiger partial charge in [0.05, 0.1) is 13.2 Å². The summed E-state index contributed by atoms with van der Waals surface area (Å²) in [6.45, 7) is 8.01. The quantitative estimate of drug-likeness (QED) is 0.00866. The number of thioether (sulfide) groups is 2.